The molecule has 5 nitrogen and oxygen atoms in total. The number of hydrogen-bond donors (Lipinski definition) is 2. The number of carbonyl (C=O) groups is 2. The minimum absolute atomic E-state index is 0.114. The first-order chi connectivity index (χ1) is 13.6. The van der Waals surface area contributed by atoms with Crippen LogP contribution in [0.5, 0.6) is 0 Å². The van der Waals surface area contributed by atoms with Crippen LogP contribution >= 0.6 is 11.3 Å². The van der Waals surface area contributed by atoms with E-state index in [1.165, 1.54) is 0 Å². The highest BCUT2D eigenvalue weighted by Gasteiger charge is 2.12. The number of fused-ring (bicyclic) bond motifs is 1. The van der Waals surface area contributed by atoms with Crippen LogP contribution in [0.15, 0.2) is 36.4 Å². The molecule has 146 valence electrons. The number of hydrogen-bond acceptors (Lipinski definition) is 5. The van der Waals surface area contributed by atoms with Crippen molar-refractivity contribution in [2.75, 3.05) is 17.2 Å². The molecule has 3 aromatic rings. The highest BCUT2D eigenvalue weighted by atomic mass is 32.1. The normalized spacial score (nSPS) is 10.8. The van der Waals surface area contributed by atoms with Gasteiger partial charge in [0, 0.05) is 24.2 Å². The van der Waals surface area contributed by atoms with Gasteiger partial charge in [0.2, 0.25) is 0 Å². The Hall–Kier alpha value is -2.73. The van der Waals surface area contributed by atoms with Crippen molar-refractivity contribution in [3.63, 3.8) is 0 Å². The number of unbranched alkanes of at least 4 members (excludes halogenated alkanes) is 3. The summed E-state index contributed by atoms with van der Waals surface area (Å²) < 4.78 is 0.984. The van der Waals surface area contributed by atoms with Crippen molar-refractivity contribution in [1.29, 1.82) is 0 Å². The summed E-state index contributed by atoms with van der Waals surface area (Å²) in [6, 6.07) is 11.6. The summed E-state index contributed by atoms with van der Waals surface area (Å²) in [5.74, 6) is -0.114. The highest BCUT2D eigenvalue weighted by Crippen LogP contribution is 2.28. The van der Waals surface area contributed by atoms with Crippen LogP contribution in [0, 0.1) is 13.8 Å². The average molecular weight is 396 g/mol. The summed E-state index contributed by atoms with van der Waals surface area (Å²) in [4.78, 5) is 27.6. The molecule has 0 unspecified atom stereocenters. The van der Waals surface area contributed by atoms with Crippen LogP contribution in [0.3, 0.4) is 0 Å². The van der Waals surface area contributed by atoms with E-state index in [1.807, 2.05) is 50.2 Å². The van der Waals surface area contributed by atoms with Crippen molar-refractivity contribution in [2.45, 2.75) is 39.5 Å². The number of nitrogens with zero attached hydrogens (tertiary/aromatic N) is 1. The first-order valence-corrected chi connectivity index (χ1v) is 10.4. The van der Waals surface area contributed by atoms with Gasteiger partial charge in [-0.05, 0) is 56.0 Å². The summed E-state index contributed by atoms with van der Waals surface area (Å²) in [6.07, 6.45) is 4.57. The van der Waals surface area contributed by atoms with Crippen molar-refractivity contribution >= 4 is 44.6 Å². The Morgan fingerprint density at radius 2 is 1.89 bits per heavy atom. The van der Waals surface area contributed by atoms with Crippen molar-refractivity contribution in [2.24, 2.45) is 0 Å². The van der Waals surface area contributed by atoms with Crippen LogP contribution in [0.25, 0.3) is 10.2 Å². The Morgan fingerprint density at radius 1 is 1.11 bits per heavy atom. The van der Waals surface area contributed by atoms with Gasteiger partial charge in [0.25, 0.3) is 5.91 Å². The average Bonchev–Trinajstić information content (AvgIpc) is 3.09. The fraction of sp³-hybridized carbons (Fsp3) is 0.318. The molecule has 2 aromatic carbocycles. The van der Waals surface area contributed by atoms with E-state index in [0.717, 1.165) is 64.3 Å². The van der Waals surface area contributed by atoms with Crippen molar-refractivity contribution in [3.05, 3.63) is 53.1 Å². The lowest BCUT2D eigenvalue weighted by atomic mass is 10.1. The van der Waals surface area contributed by atoms with E-state index in [1.54, 1.807) is 11.3 Å². The number of amides is 1. The topological polar surface area (TPSA) is 71.1 Å². The third-order valence-corrected chi connectivity index (χ3v) is 5.62. The quantitative estimate of drug-likeness (QED) is 0.379. The van der Waals surface area contributed by atoms with E-state index in [2.05, 4.69) is 15.6 Å². The number of aromatic nitrogens is 1. The van der Waals surface area contributed by atoms with Gasteiger partial charge in [-0.25, -0.2) is 4.98 Å². The molecule has 1 amide bonds. The van der Waals surface area contributed by atoms with Crippen LogP contribution in [0.1, 0.15) is 47.2 Å². The molecular weight excluding hydrogens is 370 g/mol. The number of para-hydroxylation sites is 1. The minimum Gasteiger partial charge on any atom is -0.361 e. The first-order valence-electron chi connectivity index (χ1n) is 9.54. The first kappa shape index (κ1) is 20.0. The van der Waals surface area contributed by atoms with E-state index in [4.69, 9.17) is 0 Å². The molecule has 2 N–H and O–H groups in total. The molecule has 0 saturated carbocycles. The van der Waals surface area contributed by atoms with Gasteiger partial charge in [0.15, 0.2) is 5.13 Å². The predicted octanol–water partition coefficient (Wildman–Crippen LogP) is 5.34. The Kier molecular flexibility index (Phi) is 6.76. The minimum atomic E-state index is -0.114. The Labute approximate surface area is 169 Å². The van der Waals surface area contributed by atoms with Gasteiger partial charge in [0.05, 0.1) is 10.2 Å². The SMILES string of the molecule is Cc1cccc(C)c1NC(=O)c1ccc2nc(NCCCCCC=O)sc2c1. The molecule has 0 saturated heterocycles. The number of benzene rings is 2. The Morgan fingerprint density at radius 3 is 2.64 bits per heavy atom. The van der Waals surface area contributed by atoms with Crippen molar-refractivity contribution in [3.8, 4) is 0 Å². The molecule has 3 rings (SSSR count). The van der Waals surface area contributed by atoms with Crippen LogP contribution in [-0.4, -0.2) is 23.7 Å². The third kappa shape index (κ3) is 4.95. The van der Waals surface area contributed by atoms with Crippen molar-refractivity contribution < 1.29 is 9.59 Å². The Balaban J connectivity index is 1.65. The van der Waals surface area contributed by atoms with Gasteiger partial charge < -0.3 is 15.4 Å². The molecule has 0 radical (unpaired) electrons. The second-order valence-electron chi connectivity index (χ2n) is 6.87. The molecule has 0 bridgehead atoms. The lowest BCUT2D eigenvalue weighted by Gasteiger charge is -2.11. The predicted molar refractivity (Wildman–Crippen MR) is 117 cm³/mol. The highest BCUT2D eigenvalue weighted by molar-refractivity contribution is 7.22. The summed E-state index contributed by atoms with van der Waals surface area (Å²) in [5, 5.41) is 7.22. The maximum atomic E-state index is 12.7. The molecule has 0 fully saturated rings. The number of nitrogens with one attached hydrogen (secondary N) is 2. The summed E-state index contributed by atoms with van der Waals surface area (Å²) in [5.41, 5.74) is 4.48. The molecule has 1 aromatic heterocycles. The fourth-order valence-electron chi connectivity index (χ4n) is 3.06. The number of anilines is 2. The van der Waals surface area contributed by atoms with E-state index < -0.39 is 0 Å². The summed E-state index contributed by atoms with van der Waals surface area (Å²) in [7, 11) is 0. The molecular formula is C22H25N3O2S. The molecule has 28 heavy (non-hydrogen) atoms. The maximum absolute atomic E-state index is 12.7. The van der Waals surface area contributed by atoms with Crippen LogP contribution in [-0.2, 0) is 4.79 Å². The van der Waals surface area contributed by atoms with Crippen LogP contribution < -0.4 is 10.6 Å². The molecule has 0 aliphatic carbocycles. The largest absolute Gasteiger partial charge is 0.361 e. The van der Waals surface area contributed by atoms with Gasteiger partial charge in [-0.3, -0.25) is 4.79 Å². The molecule has 0 spiro atoms. The number of carbonyl (C=O) groups excluding carboxylic acids is 2. The number of thiazole rings is 1. The van der Waals surface area contributed by atoms with Gasteiger partial charge >= 0.3 is 0 Å². The standard InChI is InChI=1S/C22H25N3O2S/c1-15-8-7-9-16(2)20(15)25-21(27)17-10-11-18-19(14-17)28-22(24-18)23-12-5-3-4-6-13-26/h7-11,13-14H,3-6,12H2,1-2H3,(H,23,24)(H,25,27). The smallest absolute Gasteiger partial charge is 0.255 e. The van der Waals surface area contributed by atoms with Gasteiger partial charge in [0.1, 0.15) is 6.29 Å². The van der Waals surface area contributed by atoms with E-state index in [0.29, 0.717) is 12.0 Å². The molecule has 0 atom stereocenters. The van der Waals surface area contributed by atoms with Crippen LogP contribution in [0.2, 0.25) is 0 Å². The maximum Gasteiger partial charge on any atom is 0.255 e. The van der Waals surface area contributed by atoms with E-state index in [-0.39, 0.29) is 5.91 Å². The number of aldehydes is 1. The summed E-state index contributed by atoms with van der Waals surface area (Å²) >= 11 is 1.55. The lowest BCUT2D eigenvalue weighted by Crippen LogP contribution is -2.13. The number of rotatable bonds is 9. The second-order valence-corrected chi connectivity index (χ2v) is 7.90. The van der Waals surface area contributed by atoms with Crippen LogP contribution in [0.4, 0.5) is 10.8 Å². The lowest BCUT2D eigenvalue weighted by molar-refractivity contribution is -0.107. The zero-order valence-corrected chi connectivity index (χ0v) is 17.1. The monoisotopic (exact) mass is 395 g/mol. The molecule has 6 heteroatoms. The zero-order chi connectivity index (χ0) is 19.9. The van der Waals surface area contributed by atoms with Gasteiger partial charge in [-0.2, -0.15) is 0 Å². The molecule has 0 aliphatic rings. The zero-order valence-electron chi connectivity index (χ0n) is 16.2. The van der Waals surface area contributed by atoms with E-state index >= 15 is 0 Å². The number of aryl methyl sites for hydroxylation is 2. The fourth-order valence-corrected chi connectivity index (χ4v) is 3.99. The van der Waals surface area contributed by atoms with E-state index in [9.17, 15) is 9.59 Å². The van der Waals surface area contributed by atoms with Gasteiger partial charge in [-0.15, -0.1) is 0 Å². The Bertz CT molecular complexity index is 961. The van der Waals surface area contributed by atoms with Crippen molar-refractivity contribution in [1.82, 2.24) is 4.98 Å². The molecule has 1 heterocycles. The second kappa shape index (κ2) is 9.46. The van der Waals surface area contributed by atoms with Gasteiger partial charge in [-0.1, -0.05) is 36.0 Å². The molecule has 0 aliphatic heterocycles. The summed E-state index contributed by atoms with van der Waals surface area (Å²) in [6.45, 7) is 4.82. The third-order valence-electron chi connectivity index (χ3n) is 4.65.